The first-order valence-corrected chi connectivity index (χ1v) is 13.4. The van der Waals surface area contributed by atoms with Crippen molar-refractivity contribution in [3.05, 3.63) is 64.7 Å². The molecule has 182 valence electrons. The standard InChI is InChI=1S/C26H32N2O5S/c1-18-13-14-21(17-24(18)34(31,32)28-15-6-3-7-16-28)26(30)33-19(2)25(29)27-23-12-8-10-20-9-4-5-11-22(20)23/h4-5,9,11,13-14,17,19,23H,3,6-8,10,12,15-16H2,1-2H3,(H,27,29). The minimum atomic E-state index is -3.69. The summed E-state index contributed by atoms with van der Waals surface area (Å²) < 4.78 is 33.2. The molecule has 34 heavy (non-hydrogen) atoms. The van der Waals surface area contributed by atoms with Crippen LogP contribution in [0.15, 0.2) is 47.4 Å². The fourth-order valence-electron chi connectivity index (χ4n) is 4.72. The van der Waals surface area contributed by atoms with Crippen LogP contribution in [0.4, 0.5) is 0 Å². The molecule has 0 saturated carbocycles. The van der Waals surface area contributed by atoms with Gasteiger partial charge in [0.25, 0.3) is 5.91 Å². The minimum absolute atomic E-state index is 0.111. The summed E-state index contributed by atoms with van der Waals surface area (Å²) in [7, 11) is -3.69. The van der Waals surface area contributed by atoms with Gasteiger partial charge in [0.15, 0.2) is 6.10 Å². The summed E-state index contributed by atoms with van der Waals surface area (Å²) in [5.41, 5.74) is 3.02. The number of nitrogens with one attached hydrogen (secondary N) is 1. The molecule has 2 aromatic rings. The van der Waals surface area contributed by atoms with Crippen molar-refractivity contribution in [2.24, 2.45) is 0 Å². The number of piperidine rings is 1. The Bertz CT molecular complexity index is 1170. The zero-order chi connectivity index (χ0) is 24.3. The first kappa shape index (κ1) is 24.4. The van der Waals surface area contributed by atoms with E-state index in [0.29, 0.717) is 18.7 Å². The Morgan fingerprint density at radius 3 is 2.56 bits per heavy atom. The second-order valence-electron chi connectivity index (χ2n) is 9.14. The van der Waals surface area contributed by atoms with Crippen LogP contribution in [0.3, 0.4) is 0 Å². The van der Waals surface area contributed by atoms with Gasteiger partial charge in [-0.25, -0.2) is 13.2 Å². The van der Waals surface area contributed by atoms with Crippen molar-refractivity contribution >= 4 is 21.9 Å². The van der Waals surface area contributed by atoms with Gasteiger partial charge in [0.05, 0.1) is 16.5 Å². The van der Waals surface area contributed by atoms with Crippen molar-refractivity contribution in [3.8, 4) is 0 Å². The zero-order valence-corrected chi connectivity index (χ0v) is 20.6. The summed E-state index contributed by atoms with van der Waals surface area (Å²) in [6.07, 6.45) is 4.47. The average Bonchev–Trinajstić information content (AvgIpc) is 2.84. The molecule has 1 saturated heterocycles. The van der Waals surface area contributed by atoms with Gasteiger partial charge < -0.3 is 10.1 Å². The third-order valence-electron chi connectivity index (χ3n) is 6.70. The number of hydrogen-bond acceptors (Lipinski definition) is 5. The number of aryl methyl sites for hydroxylation is 2. The Morgan fingerprint density at radius 1 is 1.06 bits per heavy atom. The van der Waals surface area contributed by atoms with Crippen molar-refractivity contribution in [2.45, 2.75) is 69.4 Å². The van der Waals surface area contributed by atoms with Gasteiger partial charge in [-0.2, -0.15) is 4.31 Å². The molecule has 2 aromatic carbocycles. The number of hydrogen-bond donors (Lipinski definition) is 1. The van der Waals surface area contributed by atoms with E-state index in [1.54, 1.807) is 13.0 Å². The number of carbonyl (C=O) groups is 2. The number of amides is 1. The van der Waals surface area contributed by atoms with Crippen molar-refractivity contribution < 1.29 is 22.7 Å². The number of fused-ring (bicyclic) bond motifs is 1. The van der Waals surface area contributed by atoms with Crippen LogP contribution in [-0.2, 0) is 26.0 Å². The normalized spacial score (nSPS) is 19.6. The van der Waals surface area contributed by atoms with E-state index < -0.39 is 22.1 Å². The maximum Gasteiger partial charge on any atom is 0.338 e. The molecule has 7 nitrogen and oxygen atoms in total. The highest BCUT2D eigenvalue weighted by Gasteiger charge is 2.29. The molecular weight excluding hydrogens is 452 g/mol. The lowest BCUT2D eigenvalue weighted by atomic mass is 9.87. The number of esters is 1. The Balaban J connectivity index is 1.44. The van der Waals surface area contributed by atoms with E-state index in [9.17, 15) is 18.0 Å². The summed E-state index contributed by atoms with van der Waals surface area (Å²) in [4.78, 5) is 25.7. The highest BCUT2D eigenvalue weighted by Crippen LogP contribution is 2.29. The summed E-state index contributed by atoms with van der Waals surface area (Å²) >= 11 is 0. The lowest BCUT2D eigenvalue weighted by Gasteiger charge is -2.27. The van der Waals surface area contributed by atoms with E-state index in [1.165, 1.54) is 28.9 Å². The molecule has 2 aliphatic rings. The topological polar surface area (TPSA) is 92.8 Å². The molecule has 1 aliphatic carbocycles. The highest BCUT2D eigenvalue weighted by molar-refractivity contribution is 7.89. The van der Waals surface area contributed by atoms with Crippen LogP contribution in [0.1, 0.15) is 72.1 Å². The Morgan fingerprint density at radius 2 is 1.79 bits per heavy atom. The smallest absolute Gasteiger partial charge is 0.338 e. The van der Waals surface area contributed by atoms with Gasteiger partial charge in [-0.1, -0.05) is 36.8 Å². The molecule has 0 bridgehead atoms. The molecular formula is C26H32N2O5S. The molecule has 4 rings (SSSR count). The third kappa shape index (κ3) is 5.18. The van der Waals surface area contributed by atoms with E-state index in [0.717, 1.165) is 44.1 Å². The second kappa shape index (κ2) is 10.3. The molecule has 2 atom stereocenters. The summed E-state index contributed by atoms with van der Waals surface area (Å²) in [6.45, 7) is 4.21. The predicted molar refractivity (Wildman–Crippen MR) is 129 cm³/mol. The average molecular weight is 485 g/mol. The van der Waals surface area contributed by atoms with Crippen LogP contribution < -0.4 is 5.32 Å². The molecule has 1 fully saturated rings. The Hall–Kier alpha value is -2.71. The molecule has 1 heterocycles. The summed E-state index contributed by atoms with van der Waals surface area (Å²) in [5.74, 6) is -1.09. The predicted octanol–water partition coefficient (Wildman–Crippen LogP) is 3.91. The van der Waals surface area contributed by atoms with Crippen molar-refractivity contribution in [1.82, 2.24) is 9.62 Å². The number of ether oxygens (including phenoxy) is 1. The van der Waals surface area contributed by atoms with Gasteiger partial charge in [-0.15, -0.1) is 0 Å². The van der Waals surface area contributed by atoms with Crippen molar-refractivity contribution in [1.29, 1.82) is 0 Å². The van der Waals surface area contributed by atoms with Gasteiger partial charge in [0.1, 0.15) is 0 Å². The fourth-order valence-corrected chi connectivity index (χ4v) is 6.49. The molecule has 1 aliphatic heterocycles. The van der Waals surface area contributed by atoms with Crippen molar-refractivity contribution in [3.63, 3.8) is 0 Å². The number of sulfonamides is 1. The van der Waals surface area contributed by atoms with E-state index in [-0.39, 0.29) is 22.4 Å². The fraction of sp³-hybridized carbons (Fsp3) is 0.462. The molecule has 0 aromatic heterocycles. The lowest BCUT2D eigenvalue weighted by molar-refractivity contribution is -0.130. The summed E-state index contributed by atoms with van der Waals surface area (Å²) in [5, 5.41) is 3.00. The largest absolute Gasteiger partial charge is 0.449 e. The van der Waals surface area contributed by atoms with Gasteiger partial charge >= 0.3 is 5.97 Å². The summed E-state index contributed by atoms with van der Waals surface area (Å²) in [6, 6.07) is 12.4. The Kier molecular flexibility index (Phi) is 7.38. The lowest BCUT2D eigenvalue weighted by Crippen LogP contribution is -2.39. The van der Waals surface area contributed by atoms with E-state index >= 15 is 0 Å². The molecule has 1 amide bonds. The molecule has 0 radical (unpaired) electrons. The zero-order valence-electron chi connectivity index (χ0n) is 19.7. The van der Waals surface area contributed by atoms with Crippen LogP contribution in [0, 0.1) is 6.92 Å². The van der Waals surface area contributed by atoms with Gasteiger partial charge in [-0.3, -0.25) is 4.79 Å². The molecule has 1 N–H and O–H groups in total. The van der Waals surface area contributed by atoms with Crippen molar-refractivity contribution in [2.75, 3.05) is 13.1 Å². The van der Waals surface area contributed by atoms with Gasteiger partial charge in [0.2, 0.25) is 10.0 Å². The number of benzene rings is 2. The van der Waals surface area contributed by atoms with E-state index in [4.69, 9.17) is 4.74 Å². The first-order chi connectivity index (χ1) is 16.3. The maximum absolute atomic E-state index is 13.1. The minimum Gasteiger partial charge on any atom is -0.449 e. The molecule has 8 heteroatoms. The van der Waals surface area contributed by atoms with Crippen LogP contribution in [0.25, 0.3) is 0 Å². The third-order valence-corrected chi connectivity index (χ3v) is 8.74. The van der Waals surface area contributed by atoms with Gasteiger partial charge in [0, 0.05) is 13.1 Å². The maximum atomic E-state index is 13.1. The van der Waals surface area contributed by atoms with Gasteiger partial charge in [-0.05, 0) is 74.8 Å². The Labute approximate surface area is 201 Å². The van der Waals surface area contributed by atoms with Crippen LogP contribution >= 0.6 is 0 Å². The van der Waals surface area contributed by atoms with Crippen LogP contribution in [-0.4, -0.2) is 43.8 Å². The highest BCUT2D eigenvalue weighted by atomic mass is 32.2. The molecule has 0 spiro atoms. The second-order valence-corrected chi connectivity index (χ2v) is 11.1. The number of nitrogens with zero attached hydrogens (tertiary/aromatic N) is 1. The van der Waals surface area contributed by atoms with E-state index in [2.05, 4.69) is 11.4 Å². The quantitative estimate of drug-likeness (QED) is 0.628. The SMILES string of the molecule is Cc1ccc(C(=O)OC(C)C(=O)NC2CCCc3ccccc32)cc1S(=O)(=O)N1CCCCC1. The van der Waals surface area contributed by atoms with Crippen LogP contribution in [0.5, 0.6) is 0 Å². The monoisotopic (exact) mass is 484 g/mol. The van der Waals surface area contributed by atoms with Crippen LogP contribution in [0.2, 0.25) is 0 Å². The number of carbonyl (C=O) groups excluding carboxylic acids is 2. The van der Waals surface area contributed by atoms with E-state index in [1.807, 2.05) is 18.2 Å². The first-order valence-electron chi connectivity index (χ1n) is 12.0. The molecule has 2 unspecified atom stereocenters. The number of rotatable bonds is 6.